The highest BCUT2D eigenvalue weighted by Crippen LogP contribution is 2.37. The lowest BCUT2D eigenvalue weighted by Gasteiger charge is -2.46. The summed E-state index contributed by atoms with van der Waals surface area (Å²) in [5.41, 5.74) is 1.43. The van der Waals surface area contributed by atoms with Gasteiger partial charge in [-0.2, -0.15) is 0 Å². The van der Waals surface area contributed by atoms with Gasteiger partial charge in [0, 0.05) is 22.7 Å². The van der Waals surface area contributed by atoms with E-state index in [2.05, 4.69) is 5.32 Å². The van der Waals surface area contributed by atoms with Gasteiger partial charge in [-0.15, -0.1) is 0 Å². The Kier molecular flexibility index (Phi) is 3.44. The molecule has 2 aliphatic heterocycles. The molecule has 2 heterocycles. The van der Waals surface area contributed by atoms with E-state index < -0.39 is 0 Å². The zero-order valence-corrected chi connectivity index (χ0v) is 12.5. The first-order chi connectivity index (χ1) is 9.54. The molecule has 2 amide bonds. The fourth-order valence-corrected chi connectivity index (χ4v) is 4.07. The van der Waals surface area contributed by atoms with Crippen LogP contribution >= 0.6 is 0 Å². The first-order valence-corrected chi connectivity index (χ1v) is 7.84. The van der Waals surface area contributed by atoms with Crippen LogP contribution in [0.25, 0.3) is 0 Å². The van der Waals surface area contributed by atoms with Crippen molar-refractivity contribution >= 4 is 11.8 Å². The van der Waals surface area contributed by atoms with Gasteiger partial charge >= 0.3 is 0 Å². The van der Waals surface area contributed by atoms with E-state index in [4.69, 9.17) is 0 Å². The topological polar surface area (TPSA) is 49.4 Å². The van der Waals surface area contributed by atoms with Gasteiger partial charge in [-0.1, -0.05) is 19.3 Å². The molecule has 3 rings (SSSR count). The molecule has 0 aromatic carbocycles. The lowest BCUT2D eigenvalue weighted by molar-refractivity contribution is -0.141. The van der Waals surface area contributed by atoms with Crippen molar-refractivity contribution in [2.45, 2.75) is 70.4 Å². The van der Waals surface area contributed by atoms with E-state index in [1.807, 2.05) is 0 Å². The lowest BCUT2D eigenvalue weighted by atomic mass is 9.74. The van der Waals surface area contributed by atoms with Crippen molar-refractivity contribution in [3.63, 3.8) is 0 Å². The molecule has 2 fully saturated rings. The first kappa shape index (κ1) is 13.8. The van der Waals surface area contributed by atoms with Crippen LogP contribution in [-0.2, 0) is 9.59 Å². The van der Waals surface area contributed by atoms with Gasteiger partial charge in [-0.05, 0) is 46.1 Å². The Morgan fingerprint density at radius 1 is 1.05 bits per heavy atom. The summed E-state index contributed by atoms with van der Waals surface area (Å²) in [6.45, 7) is 4.46. The summed E-state index contributed by atoms with van der Waals surface area (Å²) in [5, 5.41) is 3.68. The zero-order chi connectivity index (χ0) is 14.3. The summed E-state index contributed by atoms with van der Waals surface area (Å²) in [7, 11) is 0. The number of amides is 2. The smallest absolute Gasteiger partial charge is 0.257 e. The van der Waals surface area contributed by atoms with E-state index in [1.54, 1.807) is 18.7 Å². The normalized spacial score (nSPS) is 30.5. The van der Waals surface area contributed by atoms with Crippen molar-refractivity contribution < 1.29 is 9.59 Å². The van der Waals surface area contributed by atoms with Crippen LogP contribution in [0.15, 0.2) is 11.1 Å². The summed E-state index contributed by atoms with van der Waals surface area (Å²) in [4.78, 5) is 26.2. The van der Waals surface area contributed by atoms with E-state index in [9.17, 15) is 9.59 Å². The zero-order valence-electron chi connectivity index (χ0n) is 12.5. The van der Waals surface area contributed by atoms with Gasteiger partial charge in [0.05, 0.1) is 0 Å². The maximum atomic E-state index is 12.3. The molecule has 4 heteroatoms. The number of nitrogens with one attached hydrogen (secondary N) is 1. The Balaban J connectivity index is 1.78. The molecule has 20 heavy (non-hydrogen) atoms. The van der Waals surface area contributed by atoms with Gasteiger partial charge in [-0.25, -0.2) is 0 Å². The third-order valence-electron chi connectivity index (χ3n) is 5.42. The number of imide groups is 1. The number of rotatable bonds is 1. The van der Waals surface area contributed by atoms with Crippen molar-refractivity contribution in [1.82, 2.24) is 10.2 Å². The van der Waals surface area contributed by atoms with Gasteiger partial charge in [-0.3, -0.25) is 14.5 Å². The SMILES string of the molecule is CC1=C(C)C(=O)N(C2CCNC3(CCCCC3)C2)C1=O. The van der Waals surface area contributed by atoms with Crippen molar-refractivity contribution in [3.8, 4) is 0 Å². The number of hydrogen-bond donors (Lipinski definition) is 1. The van der Waals surface area contributed by atoms with E-state index in [0.29, 0.717) is 11.1 Å². The second kappa shape index (κ2) is 4.99. The Bertz CT molecular complexity index is 445. The molecule has 1 spiro atoms. The second-order valence-corrected chi connectivity index (χ2v) is 6.64. The Morgan fingerprint density at radius 2 is 1.65 bits per heavy atom. The summed E-state index contributed by atoms with van der Waals surface area (Å²) < 4.78 is 0. The van der Waals surface area contributed by atoms with Crippen LogP contribution < -0.4 is 5.32 Å². The minimum absolute atomic E-state index is 0.0645. The largest absolute Gasteiger partial charge is 0.311 e. The highest BCUT2D eigenvalue weighted by molar-refractivity contribution is 6.19. The Labute approximate surface area is 120 Å². The molecule has 1 unspecified atom stereocenters. The summed E-state index contributed by atoms with van der Waals surface area (Å²) >= 11 is 0. The molecule has 110 valence electrons. The highest BCUT2D eigenvalue weighted by Gasteiger charge is 2.44. The molecule has 0 aromatic heterocycles. The monoisotopic (exact) mass is 276 g/mol. The fourth-order valence-electron chi connectivity index (χ4n) is 4.07. The molecule has 1 N–H and O–H groups in total. The third kappa shape index (κ3) is 2.10. The van der Waals surface area contributed by atoms with E-state index in [0.717, 1.165) is 19.4 Å². The van der Waals surface area contributed by atoms with Gasteiger partial charge < -0.3 is 5.32 Å². The molecule has 0 radical (unpaired) electrons. The second-order valence-electron chi connectivity index (χ2n) is 6.64. The number of nitrogens with zero attached hydrogens (tertiary/aromatic N) is 1. The van der Waals surface area contributed by atoms with Gasteiger partial charge in [0.15, 0.2) is 0 Å². The predicted molar refractivity (Wildman–Crippen MR) is 77.1 cm³/mol. The van der Waals surface area contributed by atoms with Crippen LogP contribution in [0, 0.1) is 0 Å². The Morgan fingerprint density at radius 3 is 2.25 bits per heavy atom. The molecule has 0 bridgehead atoms. The van der Waals surface area contributed by atoms with Gasteiger partial charge in [0.25, 0.3) is 11.8 Å². The molecule has 0 aromatic rings. The number of hydrogen-bond acceptors (Lipinski definition) is 3. The van der Waals surface area contributed by atoms with Gasteiger partial charge in [0.1, 0.15) is 0 Å². The average Bonchev–Trinajstić information content (AvgIpc) is 2.64. The minimum atomic E-state index is -0.0645. The summed E-state index contributed by atoms with van der Waals surface area (Å²) in [5.74, 6) is -0.129. The van der Waals surface area contributed by atoms with Gasteiger partial charge in [0.2, 0.25) is 0 Å². The van der Waals surface area contributed by atoms with Crippen molar-refractivity contribution in [3.05, 3.63) is 11.1 Å². The number of carbonyl (C=O) groups is 2. The van der Waals surface area contributed by atoms with Crippen LogP contribution in [0.4, 0.5) is 0 Å². The van der Waals surface area contributed by atoms with Crippen LogP contribution in [0.1, 0.15) is 58.8 Å². The van der Waals surface area contributed by atoms with Crippen molar-refractivity contribution in [2.75, 3.05) is 6.54 Å². The number of piperidine rings is 1. The van der Waals surface area contributed by atoms with Crippen LogP contribution in [0.5, 0.6) is 0 Å². The first-order valence-electron chi connectivity index (χ1n) is 7.84. The molecule has 1 saturated heterocycles. The third-order valence-corrected chi connectivity index (χ3v) is 5.42. The Hall–Kier alpha value is -1.16. The maximum Gasteiger partial charge on any atom is 0.257 e. The van der Waals surface area contributed by atoms with E-state index >= 15 is 0 Å². The fraction of sp³-hybridized carbons (Fsp3) is 0.750. The van der Waals surface area contributed by atoms with Crippen LogP contribution in [0.3, 0.4) is 0 Å². The van der Waals surface area contributed by atoms with Crippen molar-refractivity contribution in [2.24, 2.45) is 0 Å². The average molecular weight is 276 g/mol. The number of carbonyl (C=O) groups excluding carboxylic acids is 2. The van der Waals surface area contributed by atoms with E-state index in [1.165, 1.54) is 32.1 Å². The van der Waals surface area contributed by atoms with Crippen LogP contribution in [0.2, 0.25) is 0 Å². The molecule has 1 aliphatic carbocycles. The molecule has 3 aliphatic rings. The van der Waals surface area contributed by atoms with E-state index in [-0.39, 0.29) is 23.4 Å². The lowest BCUT2D eigenvalue weighted by Crippen LogP contribution is -2.58. The highest BCUT2D eigenvalue weighted by atomic mass is 16.2. The van der Waals surface area contributed by atoms with Crippen molar-refractivity contribution in [1.29, 1.82) is 0 Å². The minimum Gasteiger partial charge on any atom is -0.311 e. The molecular weight excluding hydrogens is 252 g/mol. The molecule has 1 atom stereocenters. The van der Waals surface area contributed by atoms with Crippen LogP contribution in [-0.4, -0.2) is 34.8 Å². The summed E-state index contributed by atoms with van der Waals surface area (Å²) in [6, 6.07) is 0.0850. The molecule has 4 nitrogen and oxygen atoms in total. The molecular formula is C16H24N2O2. The maximum absolute atomic E-state index is 12.3. The quantitative estimate of drug-likeness (QED) is 0.747. The summed E-state index contributed by atoms with van der Waals surface area (Å²) in [6.07, 6.45) is 8.03. The standard InChI is InChI=1S/C16H24N2O2/c1-11-12(2)15(20)18(14(11)19)13-6-9-17-16(10-13)7-4-3-5-8-16/h13,17H,3-10H2,1-2H3. The predicted octanol–water partition coefficient (Wildman–Crippen LogP) is 2.15. The molecule has 1 saturated carbocycles.